The first-order valence-corrected chi connectivity index (χ1v) is 5.51. The van der Waals surface area contributed by atoms with Gasteiger partial charge in [0, 0.05) is 0 Å². The van der Waals surface area contributed by atoms with Gasteiger partial charge in [-0.2, -0.15) is 5.26 Å². The summed E-state index contributed by atoms with van der Waals surface area (Å²) in [4.78, 5) is 2.27. The molecule has 1 aliphatic rings. The van der Waals surface area contributed by atoms with Crippen molar-refractivity contribution >= 4 is 0 Å². The number of aryl methyl sites for hydroxylation is 1. The third-order valence-corrected chi connectivity index (χ3v) is 3.02. The van der Waals surface area contributed by atoms with Crippen LogP contribution in [0.3, 0.4) is 0 Å². The second-order valence-corrected chi connectivity index (χ2v) is 4.19. The standard InChI is InChI=1S/C13H16N2/c1-11-4-6-12(7-5-11)13(10-14)15-8-2-3-9-15/h4-7,13H,2-3,8-9H2,1H3. The Morgan fingerprint density at radius 1 is 1.20 bits per heavy atom. The van der Waals surface area contributed by atoms with Gasteiger partial charge in [0.05, 0.1) is 6.07 Å². The number of nitriles is 1. The molecule has 0 bridgehead atoms. The van der Waals surface area contributed by atoms with Gasteiger partial charge in [-0.05, 0) is 38.4 Å². The van der Waals surface area contributed by atoms with Crippen molar-refractivity contribution < 1.29 is 0 Å². The highest BCUT2D eigenvalue weighted by molar-refractivity contribution is 5.27. The summed E-state index contributed by atoms with van der Waals surface area (Å²) < 4.78 is 0. The first-order chi connectivity index (χ1) is 7.31. The van der Waals surface area contributed by atoms with Crippen molar-refractivity contribution in [1.82, 2.24) is 4.90 Å². The number of hydrogen-bond donors (Lipinski definition) is 0. The van der Waals surface area contributed by atoms with E-state index in [4.69, 9.17) is 0 Å². The average Bonchev–Trinajstić information content (AvgIpc) is 2.75. The van der Waals surface area contributed by atoms with Crippen molar-refractivity contribution in [3.8, 4) is 6.07 Å². The Kier molecular flexibility index (Phi) is 3.03. The summed E-state index contributed by atoms with van der Waals surface area (Å²) in [6, 6.07) is 10.7. The van der Waals surface area contributed by atoms with Crippen molar-refractivity contribution in [2.75, 3.05) is 13.1 Å². The summed E-state index contributed by atoms with van der Waals surface area (Å²) >= 11 is 0. The van der Waals surface area contributed by atoms with Gasteiger partial charge in [-0.15, -0.1) is 0 Å². The van der Waals surface area contributed by atoms with Crippen LogP contribution in [0.4, 0.5) is 0 Å². The zero-order chi connectivity index (χ0) is 10.7. The van der Waals surface area contributed by atoms with Crippen molar-refractivity contribution in [2.24, 2.45) is 0 Å². The van der Waals surface area contributed by atoms with Crippen LogP contribution in [0, 0.1) is 18.3 Å². The molecule has 0 saturated carbocycles. The molecule has 0 aliphatic carbocycles. The number of rotatable bonds is 2. The Morgan fingerprint density at radius 2 is 1.80 bits per heavy atom. The van der Waals surface area contributed by atoms with Crippen LogP contribution in [0.15, 0.2) is 24.3 Å². The zero-order valence-corrected chi connectivity index (χ0v) is 9.11. The third-order valence-electron chi connectivity index (χ3n) is 3.02. The second-order valence-electron chi connectivity index (χ2n) is 4.19. The highest BCUT2D eigenvalue weighted by Gasteiger charge is 2.22. The monoisotopic (exact) mass is 200 g/mol. The van der Waals surface area contributed by atoms with Gasteiger partial charge in [-0.25, -0.2) is 0 Å². The van der Waals surface area contributed by atoms with Gasteiger partial charge >= 0.3 is 0 Å². The maximum Gasteiger partial charge on any atom is 0.123 e. The summed E-state index contributed by atoms with van der Waals surface area (Å²) in [5, 5.41) is 9.22. The summed E-state index contributed by atoms with van der Waals surface area (Å²) in [5.41, 5.74) is 2.38. The molecular weight excluding hydrogens is 184 g/mol. The second kappa shape index (κ2) is 4.46. The largest absolute Gasteiger partial charge is 0.284 e. The molecule has 2 heteroatoms. The number of benzene rings is 1. The molecule has 0 radical (unpaired) electrons. The van der Waals surface area contributed by atoms with E-state index in [-0.39, 0.29) is 6.04 Å². The maximum absolute atomic E-state index is 9.22. The van der Waals surface area contributed by atoms with E-state index in [1.807, 2.05) is 0 Å². The van der Waals surface area contributed by atoms with Crippen LogP contribution >= 0.6 is 0 Å². The van der Waals surface area contributed by atoms with E-state index in [0.717, 1.165) is 18.7 Å². The number of nitrogens with zero attached hydrogens (tertiary/aromatic N) is 2. The molecule has 2 rings (SSSR count). The third kappa shape index (κ3) is 2.19. The molecule has 1 atom stereocenters. The molecule has 2 nitrogen and oxygen atoms in total. The highest BCUT2D eigenvalue weighted by Crippen LogP contribution is 2.24. The van der Waals surface area contributed by atoms with E-state index in [1.165, 1.54) is 18.4 Å². The van der Waals surface area contributed by atoms with E-state index in [0.29, 0.717) is 0 Å². The van der Waals surface area contributed by atoms with Gasteiger partial charge in [-0.3, -0.25) is 4.90 Å². The van der Waals surface area contributed by atoms with Crippen LogP contribution in [0.5, 0.6) is 0 Å². The molecule has 0 aromatic heterocycles. The van der Waals surface area contributed by atoms with Crippen molar-refractivity contribution in [2.45, 2.75) is 25.8 Å². The fraction of sp³-hybridized carbons (Fsp3) is 0.462. The predicted molar refractivity (Wildman–Crippen MR) is 60.3 cm³/mol. The molecule has 0 amide bonds. The SMILES string of the molecule is Cc1ccc(C(C#N)N2CCCC2)cc1. The Hall–Kier alpha value is -1.33. The minimum Gasteiger partial charge on any atom is -0.284 e. The van der Waals surface area contributed by atoms with E-state index < -0.39 is 0 Å². The fourth-order valence-corrected chi connectivity index (χ4v) is 2.12. The molecule has 1 aromatic carbocycles. The lowest BCUT2D eigenvalue weighted by atomic mass is 10.1. The molecule has 1 saturated heterocycles. The van der Waals surface area contributed by atoms with E-state index >= 15 is 0 Å². The molecule has 1 fully saturated rings. The molecule has 1 unspecified atom stereocenters. The van der Waals surface area contributed by atoms with Crippen LogP contribution in [-0.4, -0.2) is 18.0 Å². The van der Waals surface area contributed by atoms with Crippen LogP contribution in [0.25, 0.3) is 0 Å². The van der Waals surface area contributed by atoms with E-state index in [1.54, 1.807) is 0 Å². The van der Waals surface area contributed by atoms with Gasteiger partial charge in [0.15, 0.2) is 0 Å². The van der Waals surface area contributed by atoms with Crippen LogP contribution in [0.2, 0.25) is 0 Å². The molecular formula is C13H16N2. The summed E-state index contributed by atoms with van der Waals surface area (Å²) in [6.45, 7) is 4.19. The Balaban J connectivity index is 2.19. The van der Waals surface area contributed by atoms with Gasteiger partial charge in [-0.1, -0.05) is 29.8 Å². The molecule has 1 aliphatic heterocycles. The van der Waals surface area contributed by atoms with Crippen LogP contribution in [-0.2, 0) is 0 Å². The first-order valence-electron chi connectivity index (χ1n) is 5.51. The zero-order valence-electron chi connectivity index (χ0n) is 9.11. The smallest absolute Gasteiger partial charge is 0.123 e. The summed E-state index contributed by atoms with van der Waals surface area (Å²) in [7, 11) is 0. The first kappa shape index (κ1) is 10.2. The van der Waals surface area contributed by atoms with E-state index in [2.05, 4.69) is 42.2 Å². The van der Waals surface area contributed by atoms with Crippen LogP contribution < -0.4 is 0 Å². The van der Waals surface area contributed by atoms with Crippen molar-refractivity contribution in [3.05, 3.63) is 35.4 Å². The van der Waals surface area contributed by atoms with E-state index in [9.17, 15) is 5.26 Å². The average molecular weight is 200 g/mol. The lowest BCUT2D eigenvalue weighted by molar-refractivity contribution is 0.294. The normalized spacial score (nSPS) is 18.7. The lowest BCUT2D eigenvalue weighted by Gasteiger charge is -2.21. The molecule has 0 N–H and O–H groups in total. The quantitative estimate of drug-likeness (QED) is 0.733. The van der Waals surface area contributed by atoms with Crippen molar-refractivity contribution in [1.29, 1.82) is 5.26 Å². The summed E-state index contributed by atoms with van der Waals surface area (Å²) in [5.74, 6) is 0. The Morgan fingerprint density at radius 3 is 2.33 bits per heavy atom. The van der Waals surface area contributed by atoms with Gasteiger partial charge in [0.25, 0.3) is 0 Å². The lowest BCUT2D eigenvalue weighted by Crippen LogP contribution is -2.24. The predicted octanol–water partition coefficient (Wildman–Crippen LogP) is 2.66. The molecule has 0 spiro atoms. The minimum absolute atomic E-state index is 0.0481. The highest BCUT2D eigenvalue weighted by atomic mass is 15.2. The Labute approximate surface area is 91.1 Å². The molecule has 1 aromatic rings. The Bertz CT molecular complexity index is 355. The fourth-order valence-electron chi connectivity index (χ4n) is 2.12. The van der Waals surface area contributed by atoms with Gasteiger partial charge in [0.2, 0.25) is 0 Å². The van der Waals surface area contributed by atoms with Crippen molar-refractivity contribution in [3.63, 3.8) is 0 Å². The minimum atomic E-state index is -0.0481. The van der Waals surface area contributed by atoms with Crippen LogP contribution in [0.1, 0.15) is 30.0 Å². The number of likely N-dealkylation sites (tertiary alicyclic amines) is 1. The number of hydrogen-bond acceptors (Lipinski definition) is 2. The van der Waals surface area contributed by atoms with Gasteiger partial charge < -0.3 is 0 Å². The molecule has 15 heavy (non-hydrogen) atoms. The maximum atomic E-state index is 9.22. The molecule has 1 heterocycles. The summed E-state index contributed by atoms with van der Waals surface area (Å²) in [6.07, 6.45) is 2.45. The molecule has 78 valence electrons. The topological polar surface area (TPSA) is 27.0 Å². The van der Waals surface area contributed by atoms with Gasteiger partial charge in [0.1, 0.15) is 6.04 Å².